The number of carbonyl (C=O) groups is 1. The number of cyclic esters (lactones) is 1. The second kappa shape index (κ2) is 4.84. The summed E-state index contributed by atoms with van der Waals surface area (Å²) in [5, 5.41) is 8.73. The molecule has 2 rings (SSSR count). The van der Waals surface area contributed by atoms with Crippen LogP contribution in [-0.4, -0.2) is 33.0 Å². The van der Waals surface area contributed by atoms with E-state index in [9.17, 15) is 4.79 Å². The van der Waals surface area contributed by atoms with Gasteiger partial charge in [0, 0.05) is 6.07 Å². The molecule has 0 aromatic heterocycles. The molecule has 0 N–H and O–H groups in total. The van der Waals surface area contributed by atoms with Crippen LogP contribution >= 0.6 is 0 Å². The highest BCUT2D eigenvalue weighted by Crippen LogP contribution is 2.32. The van der Waals surface area contributed by atoms with Crippen molar-refractivity contribution in [2.45, 2.75) is 6.10 Å². The van der Waals surface area contributed by atoms with Gasteiger partial charge < -0.3 is 14.2 Å². The Bertz CT molecular complexity index is 509. The van der Waals surface area contributed by atoms with Gasteiger partial charge in [-0.3, -0.25) is 4.90 Å². The summed E-state index contributed by atoms with van der Waals surface area (Å²) in [6.45, 7) is 0.213. The number of nitriles is 1. The lowest BCUT2D eigenvalue weighted by atomic mass is 10.2. The Kier molecular flexibility index (Phi) is 3.24. The van der Waals surface area contributed by atoms with E-state index in [-0.39, 0.29) is 6.54 Å². The maximum Gasteiger partial charge on any atom is 0.415 e. The number of amides is 1. The summed E-state index contributed by atoms with van der Waals surface area (Å²) in [4.78, 5) is 13.0. The summed E-state index contributed by atoms with van der Waals surface area (Å²) in [7, 11) is 3.05. The van der Waals surface area contributed by atoms with Crippen molar-refractivity contribution in [3.05, 3.63) is 18.2 Å². The molecule has 1 atom stereocenters. The van der Waals surface area contributed by atoms with E-state index in [1.807, 2.05) is 6.07 Å². The largest absolute Gasteiger partial charge is 0.493 e. The topological polar surface area (TPSA) is 71.8 Å². The number of benzene rings is 1. The van der Waals surface area contributed by atoms with Gasteiger partial charge in [0.15, 0.2) is 11.5 Å². The van der Waals surface area contributed by atoms with Gasteiger partial charge in [0.2, 0.25) is 6.10 Å². The highest BCUT2D eigenvalue weighted by atomic mass is 16.6. The zero-order valence-electron chi connectivity index (χ0n) is 10.0. The molecule has 1 saturated heterocycles. The van der Waals surface area contributed by atoms with Crippen LogP contribution < -0.4 is 14.4 Å². The predicted octanol–water partition coefficient (Wildman–Crippen LogP) is 1.55. The van der Waals surface area contributed by atoms with Crippen molar-refractivity contribution in [3.8, 4) is 17.6 Å². The van der Waals surface area contributed by atoms with E-state index < -0.39 is 12.2 Å². The van der Waals surface area contributed by atoms with E-state index in [1.165, 1.54) is 19.1 Å². The smallest absolute Gasteiger partial charge is 0.415 e. The normalized spacial score (nSPS) is 18.2. The first kappa shape index (κ1) is 12.0. The zero-order chi connectivity index (χ0) is 13.1. The fourth-order valence-electron chi connectivity index (χ4n) is 1.73. The number of methoxy groups -OCH3 is 2. The lowest BCUT2D eigenvalue weighted by Crippen LogP contribution is -2.24. The molecule has 6 heteroatoms. The van der Waals surface area contributed by atoms with Crippen LogP contribution in [0.5, 0.6) is 11.5 Å². The van der Waals surface area contributed by atoms with Crippen molar-refractivity contribution in [1.82, 2.24) is 0 Å². The van der Waals surface area contributed by atoms with Crippen LogP contribution in [0.2, 0.25) is 0 Å². The molecule has 1 aromatic carbocycles. The number of hydrogen-bond donors (Lipinski definition) is 0. The third-order valence-electron chi connectivity index (χ3n) is 2.63. The molecule has 1 aliphatic heterocycles. The number of anilines is 1. The number of hydrogen-bond acceptors (Lipinski definition) is 5. The number of nitrogens with zero attached hydrogens (tertiary/aromatic N) is 2. The molecule has 0 saturated carbocycles. The van der Waals surface area contributed by atoms with Crippen LogP contribution in [0.4, 0.5) is 10.5 Å². The first-order valence-electron chi connectivity index (χ1n) is 5.29. The Morgan fingerprint density at radius 2 is 2.11 bits per heavy atom. The minimum absolute atomic E-state index is 0.213. The Morgan fingerprint density at radius 1 is 1.39 bits per heavy atom. The van der Waals surface area contributed by atoms with Gasteiger partial charge in [-0.25, -0.2) is 4.79 Å². The van der Waals surface area contributed by atoms with Crippen molar-refractivity contribution in [2.75, 3.05) is 25.7 Å². The van der Waals surface area contributed by atoms with E-state index in [2.05, 4.69) is 0 Å². The van der Waals surface area contributed by atoms with Gasteiger partial charge in [0.25, 0.3) is 0 Å². The molecular weight excluding hydrogens is 236 g/mol. The molecule has 0 bridgehead atoms. The summed E-state index contributed by atoms with van der Waals surface area (Å²) in [6, 6.07) is 6.98. The summed E-state index contributed by atoms with van der Waals surface area (Å²) in [5.74, 6) is 1.09. The standard InChI is InChI=1S/C12H12N2O4/c1-16-10-4-3-8(5-11(10)17-2)14-7-9(6-13)18-12(14)15/h3-5,9H,7H2,1-2H3. The van der Waals surface area contributed by atoms with Gasteiger partial charge in [-0.05, 0) is 12.1 Å². The van der Waals surface area contributed by atoms with Crippen LogP contribution in [0.15, 0.2) is 18.2 Å². The average molecular weight is 248 g/mol. The fourth-order valence-corrected chi connectivity index (χ4v) is 1.73. The number of carbonyl (C=O) groups excluding carboxylic acids is 1. The molecule has 1 heterocycles. The second-order valence-corrected chi connectivity index (χ2v) is 3.65. The van der Waals surface area contributed by atoms with Crippen LogP contribution in [-0.2, 0) is 4.74 Å². The van der Waals surface area contributed by atoms with Crippen molar-refractivity contribution >= 4 is 11.8 Å². The molecular formula is C12H12N2O4. The highest BCUT2D eigenvalue weighted by Gasteiger charge is 2.32. The van der Waals surface area contributed by atoms with Crippen LogP contribution in [0.25, 0.3) is 0 Å². The number of rotatable bonds is 3. The van der Waals surface area contributed by atoms with Gasteiger partial charge in [-0.2, -0.15) is 5.26 Å². The molecule has 0 radical (unpaired) electrons. The number of ether oxygens (including phenoxy) is 3. The molecule has 1 unspecified atom stereocenters. The highest BCUT2D eigenvalue weighted by molar-refractivity contribution is 5.90. The lowest BCUT2D eigenvalue weighted by Gasteiger charge is -2.15. The monoisotopic (exact) mass is 248 g/mol. The zero-order valence-corrected chi connectivity index (χ0v) is 10.0. The van der Waals surface area contributed by atoms with Gasteiger partial charge in [-0.1, -0.05) is 0 Å². The first-order chi connectivity index (χ1) is 8.69. The predicted molar refractivity (Wildman–Crippen MR) is 62.8 cm³/mol. The molecule has 18 heavy (non-hydrogen) atoms. The minimum atomic E-state index is -0.731. The summed E-state index contributed by atoms with van der Waals surface area (Å²) >= 11 is 0. The maximum absolute atomic E-state index is 11.6. The van der Waals surface area contributed by atoms with Crippen molar-refractivity contribution in [1.29, 1.82) is 5.26 Å². The Morgan fingerprint density at radius 3 is 2.67 bits per heavy atom. The third-order valence-corrected chi connectivity index (χ3v) is 2.63. The Labute approximate surface area is 104 Å². The minimum Gasteiger partial charge on any atom is -0.493 e. The van der Waals surface area contributed by atoms with Gasteiger partial charge in [0.05, 0.1) is 26.5 Å². The van der Waals surface area contributed by atoms with Gasteiger partial charge in [-0.15, -0.1) is 0 Å². The third kappa shape index (κ3) is 2.02. The quantitative estimate of drug-likeness (QED) is 0.811. The summed E-state index contributed by atoms with van der Waals surface area (Å²) < 4.78 is 15.1. The summed E-state index contributed by atoms with van der Waals surface area (Å²) in [6.07, 6.45) is -1.26. The van der Waals surface area contributed by atoms with Crippen LogP contribution in [0, 0.1) is 11.3 Å². The van der Waals surface area contributed by atoms with Gasteiger partial charge in [0.1, 0.15) is 6.07 Å². The second-order valence-electron chi connectivity index (χ2n) is 3.65. The Balaban J connectivity index is 2.30. The molecule has 0 aliphatic carbocycles. The van der Waals surface area contributed by atoms with E-state index in [0.29, 0.717) is 17.2 Å². The molecule has 1 amide bonds. The molecule has 0 spiro atoms. The summed E-state index contributed by atoms with van der Waals surface area (Å²) in [5.41, 5.74) is 0.607. The van der Waals surface area contributed by atoms with Crippen molar-refractivity contribution in [3.63, 3.8) is 0 Å². The van der Waals surface area contributed by atoms with E-state index >= 15 is 0 Å². The molecule has 94 valence electrons. The SMILES string of the molecule is COc1ccc(N2CC(C#N)OC2=O)cc1OC. The fraction of sp³-hybridized carbons (Fsp3) is 0.333. The van der Waals surface area contributed by atoms with Crippen molar-refractivity contribution in [2.24, 2.45) is 0 Å². The Hall–Kier alpha value is -2.42. The van der Waals surface area contributed by atoms with Gasteiger partial charge >= 0.3 is 6.09 Å². The molecule has 1 aliphatic rings. The van der Waals surface area contributed by atoms with E-state index in [0.717, 1.165) is 0 Å². The molecule has 1 aromatic rings. The average Bonchev–Trinajstić information content (AvgIpc) is 2.79. The van der Waals surface area contributed by atoms with E-state index in [1.54, 1.807) is 18.2 Å². The van der Waals surface area contributed by atoms with Crippen LogP contribution in [0.1, 0.15) is 0 Å². The van der Waals surface area contributed by atoms with Crippen molar-refractivity contribution < 1.29 is 19.0 Å². The first-order valence-corrected chi connectivity index (χ1v) is 5.29. The lowest BCUT2D eigenvalue weighted by molar-refractivity contribution is 0.162. The van der Waals surface area contributed by atoms with Crippen LogP contribution in [0.3, 0.4) is 0 Å². The molecule has 6 nitrogen and oxygen atoms in total. The molecule has 1 fully saturated rings. The maximum atomic E-state index is 11.6. The van der Waals surface area contributed by atoms with E-state index in [4.69, 9.17) is 19.5 Å².